The molecule has 2 amide bonds. The number of carbonyl (C=O) groups is 2. The van der Waals surface area contributed by atoms with Crippen molar-refractivity contribution >= 4 is 28.9 Å². The van der Waals surface area contributed by atoms with Gasteiger partial charge in [0.05, 0.1) is 35.4 Å². The Kier molecular flexibility index (Phi) is 8.81. The van der Waals surface area contributed by atoms with Gasteiger partial charge in [0.15, 0.2) is 0 Å². The molecular formula is C29H28F4N4O3S. The zero-order valence-electron chi connectivity index (χ0n) is 22.0. The van der Waals surface area contributed by atoms with Gasteiger partial charge in [0.25, 0.3) is 11.8 Å². The summed E-state index contributed by atoms with van der Waals surface area (Å²) >= 11 is 1.46. The number of nitrogens with zero attached hydrogens (tertiary/aromatic N) is 4. The van der Waals surface area contributed by atoms with Crippen molar-refractivity contribution in [1.29, 1.82) is 0 Å². The summed E-state index contributed by atoms with van der Waals surface area (Å²) in [5.41, 5.74) is 0.105. The van der Waals surface area contributed by atoms with Gasteiger partial charge in [-0.05, 0) is 41.8 Å². The largest absolute Gasteiger partial charge is 0.416 e. The maximum Gasteiger partial charge on any atom is 0.416 e. The molecule has 1 atom stereocenters. The number of carbonyl (C=O) groups excluding carboxylic acids is 2. The lowest BCUT2D eigenvalue weighted by molar-refractivity contribution is -0.137. The van der Waals surface area contributed by atoms with Crippen LogP contribution in [0.15, 0.2) is 71.1 Å². The minimum Gasteiger partial charge on any atom is -0.379 e. The van der Waals surface area contributed by atoms with E-state index in [1.165, 1.54) is 27.3 Å². The minimum atomic E-state index is -4.54. The Hall–Kier alpha value is -3.61. The second-order valence-corrected chi connectivity index (χ2v) is 10.7. The zero-order chi connectivity index (χ0) is 29.0. The second-order valence-electron chi connectivity index (χ2n) is 9.76. The molecule has 3 aromatic rings. The molecule has 41 heavy (non-hydrogen) atoms. The topological polar surface area (TPSA) is 65.5 Å². The molecule has 2 aliphatic rings. The smallest absolute Gasteiger partial charge is 0.379 e. The number of benzene rings is 2. The molecule has 0 radical (unpaired) electrons. The van der Waals surface area contributed by atoms with Crippen LogP contribution in [0, 0.1) is 5.82 Å². The summed E-state index contributed by atoms with van der Waals surface area (Å²) < 4.78 is 59.5. The molecule has 0 saturated carbocycles. The van der Waals surface area contributed by atoms with Crippen LogP contribution in [0.2, 0.25) is 0 Å². The van der Waals surface area contributed by atoms with Crippen molar-refractivity contribution in [3.05, 3.63) is 93.4 Å². The first-order valence-electron chi connectivity index (χ1n) is 13.1. The predicted octanol–water partition coefficient (Wildman–Crippen LogP) is 5.06. The standard InChI is InChI=1S/C29H28F4N4O3S/c30-23-5-2-1-4-22(23)25-18-24(26-6-3-17-41-26)34-37(25)27(38)19-36(12-11-35-13-15-40-16-14-35)28(39)20-7-9-21(10-8-20)29(31,32)33/h1-10,17,25H,11-16,18-19H2/t25-/m1/s1. The number of hydrogen-bond donors (Lipinski definition) is 0. The first-order chi connectivity index (χ1) is 19.7. The molecule has 12 heteroatoms. The summed E-state index contributed by atoms with van der Waals surface area (Å²) in [5.74, 6) is -1.57. The Morgan fingerprint density at radius 1 is 1.02 bits per heavy atom. The SMILES string of the molecule is O=C(c1ccc(C(F)(F)F)cc1)N(CCN1CCOCC1)CC(=O)N1N=C(c2cccs2)C[C@@H]1c1ccccc1F. The molecule has 216 valence electrons. The average Bonchev–Trinajstić information content (AvgIpc) is 3.66. The van der Waals surface area contributed by atoms with Gasteiger partial charge in [0.1, 0.15) is 12.4 Å². The Morgan fingerprint density at radius 3 is 2.41 bits per heavy atom. The van der Waals surface area contributed by atoms with E-state index in [4.69, 9.17) is 4.74 Å². The highest BCUT2D eigenvalue weighted by atomic mass is 32.1. The third-order valence-corrected chi connectivity index (χ3v) is 8.02. The summed E-state index contributed by atoms with van der Waals surface area (Å²) in [5, 5.41) is 7.67. The van der Waals surface area contributed by atoms with Crippen LogP contribution in [-0.2, 0) is 15.7 Å². The van der Waals surface area contributed by atoms with E-state index in [1.807, 2.05) is 17.5 Å². The van der Waals surface area contributed by atoms with Crippen LogP contribution in [0.1, 0.15) is 38.8 Å². The van der Waals surface area contributed by atoms with Crippen molar-refractivity contribution in [2.75, 3.05) is 45.9 Å². The summed E-state index contributed by atoms with van der Waals surface area (Å²) in [7, 11) is 0. The van der Waals surface area contributed by atoms with Gasteiger partial charge in [-0.1, -0.05) is 24.3 Å². The number of hydrazone groups is 1. The summed E-state index contributed by atoms with van der Waals surface area (Å²) in [6, 6.07) is 13.1. The van der Waals surface area contributed by atoms with Crippen molar-refractivity contribution in [1.82, 2.24) is 14.8 Å². The van der Waals surface area contributed by atoms with Crippen LogP contribution in [0.4, 0.5) is 17.6 Å². The van der Waals surface area contributed by atoms with Crippen LogP contribution >= 0.6 is 11.3 Å². The van der Waals surface area contributed by atoms with Crippen LogP contribution in [0.5, 0.6) is 0 Å². The lowest BCUT2D eigenvalue weighted by Gasteiger charge is -2.31. The van der Waals surface area contributed by atoms with Gasteiger partial charge in [0, 0.05) is 43.7 Å². The van der Waals surface area contributed by atoms with Crippen molar-refractivity contribution in [3.63, 3.8) is 0 Å². The number of thiophene rings is 1. The van der Waals surface area contributed by atoms with E-state index in [2.05, 4.69) is 10.0 Å². The second kappa shape index (κ2) is 12.5. The third-order valence-electron chi connectivity index (χ3n) is 7.10. The highest BCUT2D eigenvalue weighted by molar-refractivity contribution is 7.12. The molecule has 3 heterocycles. The fraction of sp³-hybridized carbons (Fsp3) is 0.345. The Morgan fingerprint density at radius 2 is 1.76 bits per heavy atom. The number of alkyl halides is 3. The van der Waals surface area contributed by atoms with Crippen molar-refractivity contribution < 1.29 is 31.9 Å². The Bertz CT molecular complexity index is 1390. The molecule has 2 aliphatic heterocycles. The fourth-order valence-electron chi connectivity index (χ4n) is 4.88. The van der Waals surface area contributed by atoms with Gasteiger partial charge in [-0.2, -0.15) is 18.3 Å². The van der Waals surface area contributed by atoms with Crippen LogP contribution in [0.25, 0.3) is 0 Å². The fourth-order valence-corrected chi connectivity index (χ4v) is 5.60. The number of amides is 2. The van der Waals surface area contributed by atoms with Gasteiger partial charge in [-0.3, -0.25) is 14.5 Å². The molecule has 2 aromatic carbocycles. The van der Waals surface area contributed by atoms with Gasteiger partial charge in [0.2, 0.25) is 0 Å². The maximum atomic E-state index is 14.9. The minimum absolute atomic E-state index is 0.0302. The normalized spacial score (nSPS) is 17.9. The van der Waals surface area contributed by atoms with Gasteiger partial charge in [-0.15, -0.1) is 11.3 Å². The molecule has 1 aromatic heterocycles. The molecule has 0 unspecified atom stereocenters. The predicted molar refractivity (Wildman–Crippen MR) is 146 cm³/mol. The van der Waals surface area contributed by atoms with E-state index >= 15 is 0 Å². The highest BCUT2D eigenvalue weighted by Gasteiger charge is 2.36. The number of ether oxygens (including phenoxy) is 1. The van der Waals surface area contributed by atoms with Crippen molar-refractivity contribution in [2.24, 2.45) is 5.10 Å². The molecule has 0 aliphatic carbocycles. The van der Waals surface area contributed by atoms with Gasteiger partial charge < -0.3 is 9.64 Å². The number of hydrogen-bond acceptors (Lipinski definition) is 6. The summed E-state index contributed by atoms with van der Waals surface area (Å²) in [4.78, 5) is 31.5. The van der Waals surface area contributed by atoms with E-state index in [9.17, 15) is 27.2 Å². The van der Waals surface area contributed by atoms with E-state index in [0.29, 0.717) is 50.5 Å². The molecule has 0 bridgehead atoms. The highest BCUT2D eigenvalue weighted by Crippen LogP contribution is 2.35. The number of rotatable bonds is 8. The number of halogens is 4. The average molecular weight is 589 g/mol. The van der Waals surface area contributed by atoms with E-state index in [0.717, 1.165) is 29.1 Å². The number of morpholine rings is 1. The molecule has 0 N–H and O–H groups in total. The molecule has 0 spiro atoms. The van der Waals surface area contributed by atoms with Crippen LogP contribution < -0.4 is 0 Å². The van der Waals surface area contributed by atoms with E-state index in [-0.39, 0.29) is 18.7 Å². The molecule has 5 rings (SSSR count). The van der Waals surface area contributed by atoms with Gasteiger partial charge in [-0.25, -0.2) is 9.40 Å². The first kappa shape index (κ1) is 28.9. The molecule has 7 nitrogen and oxygen atoms in total. The zero-order valence-corrected chi connectivity index (χ0v) is 22.8. The van der Waals surface area contributed by atoms with Crippen LogP contribution in [0.3, 0.4) is 0 Å². The summed E-state index contributed by atoms with van der Waals surface area (Å²) in [6.07, 6.45) is -4.24. The molecular weight excluding hydrogens is 560 g/mol. The third kappa shape index (κ3) is 6.83. The van der Waals surface area contributed by atoms with Crippen LogP contribution in [-0.4, -0.2) is 78.3 Å². The quantitative estimate of drug-likeness (QED) is 0.346. The maximum absolute atomic E-state index is 14.9. The lowest BCUT2D eigenvalue weighted by atomic mass is 10.0. The summed E-state index contributed by atoms with van der Waals surface area (Å²) in [6.45, 7) is 2.64. The van der Waals surface area contributed by atoms with E-state index in [1.54, 1.807) is 18.2 Å². The van der Waals surface area contributed by atoms with Crippen molar-refractivity contribution in [2.45, 2.75) is 18.6 Å². The molecule has 1 fully saturated rings. The first-order valence-corrected chi connectivity index (χ1v) is 14.0. The van der Waals surface area contributed by atoms with Crippen molar-refractivity contribution in [3.8, 4) is 0 Å². The Balaban J connectivity index is 1.40. The van der Waals surface area contributed by atoms with E-state index < -0.39 is 35.4 Å². The van der Waals surface area contributed by atoms with Gasteiger partial charge >= 0.3 is 6.18 Å². The molecule has 1 saturated heterocycles. The Labute approximate surface area is 238 Å². The monoisotopic (exact) mass is 588 g/mol. The lowest BCUT2D eigenvalue weighted by Crippen LogP contribution is -2.46.